The zero-order valence-corrected chi connectivity index (χ0v) is 26.3. The van der Waals surface area contributed by atoms with Crippen molar-refractivity contribution in [3.63, 3.8) is 0 Å². The summed E-state index contributed by atoms with van der Waals surface area (Å²) in [6.45, 7) is 0.102. The van der Waals surface area contributed by atoms with E-state index >= 15 is 0 Å². The Morgan fingerprint density at radius 1 is 0.911 bits per heavy atom. The quantitative estimate of drug-likeness (QED) is 0.260. The molecular weight excluding hydrogens is 639 g/mol. The van der Waals surface area contributed by atoms with Gasteiger partial charge in [0.2, 0.25) is 0 Å². The predicted molar refractivity (Wildman–Crippen MR) is 174 cm³/mol. The molecule has 0 saturated carbocycles. The lowest BCUT2D eigenvalue weighted by Gasteiger charge is -2.13. The molecule has 0 unspecified atom stereocenters. The lowest BCUT2D eigenvalue weighted by atomic mass is 10.2. The van der Waals surface area contributed by atoms with Crippen LogP contribution in [-0.2, 0) is 20.6 Å². The minimum atomic E-state index is -0.541. The van der Waals surface area contributed by atoms with E-state index in [2.05, 4.69) is 9.97 Å². The Kier molecular flexibility index (Phi) is 6.99. The molecule has 4 heterocycles. The van der Waals surface area contributed by atoms with Crippen molar-refractivity contribution < 1.29 is 9.47 Å². The van der Waals surface area contributed by atoms with Gasteiger partial charge in [-0.25, -0.2) is 14.2 Å². The van der Waals surface area contributed by atoms with Gasteiger partial charge in [0, 0.05) is 24.1 Å². The molecule has 0 bridgehead atoms. The van der Waals surface area contributed by atoms with Crippen molar-refractivity contribution in [2.45, 2.75) is 6.54 Å². The highest BCUT2D eigenvalue weighted by molar-refractivity contribution is 7.15. The summed E-state index contributed by atoms with van der Waals surface area (Å²) in [4.78, 5) is 49.0. The van der Waals surface area contributed by atoms with Gasteiger partial charge >= 0.3 is 11.7 Å². The van der Waals surface area contributed by atoms with Gasteiger partial charge < -0.3 is 9.47 Å². The van der Waals surface area contributed by atoms with Gasteiger partial charge in [0.15, 0.2) is 27.6 Å². The molecule has 0 aliphatic rings. The summed E-state index contributed by atoms with van der Waals surface area (Å²) in [6, 6.07) is 17.8. The van der Waals surface area contributed by atoms with Crippen LogP contribution in [-0.4, -0.2) is 35.2 Å². The van der Waals surface area contributed by atoms with E-state index < -0.39 is 11.2 Å². The third kappa shape index (κ3) is 4.78. The first kappa shape index (κ1) is 28.8. The van der Waals surface area contributed by atoms with E-state index in [-0.39, 0.29) is 29.3 Å². The maximum absolute atomic E-state index is 13.3. The van der Waals surface area contributed by atoms with Gasteiger partial charge in [-0.1, -0.05) is 58.8 Å². The average molecular weight is 662 g/mol. The molecule has 45 heavy (non-hydrogen) atoms. The Morgan fingerprint density at radius 3 is 2.49 bits per heavy atom. The molecule has 0 fully saturated rings. The van der Waals surface area contributed by atoms with E-state index in [1.807, 2.05) is 24.3 Å². The molecule has 7 aromatic rings. The third-order valence-corrected chi connectivity index (χ3v) is 9.04. The smallest absolute Gasteiger partial charge is 0.332 e. The first-order valence-corrected chi connectivity index (χ1v) is 15.1. The number of benzene rings is 3. The van der Waals surface area contributed by atoms with E-state index in [0.29, 0.717) is 42.2 Å². The van der Waals surface area contributed by atoms with E-state index in [4.69, 9.17) is 32.7 Å². The Bertz CT molecular complexity index is 2560. The number of nitrogens with zero attached hydrogens (tertiary/aromatic N) is 6. The molecule has 0 saturated heterocycles. The lowest BCUT2D eigenvalue weighted by Crippen LogP contribution is -2.37. The number of para-hydroxylation sites is 2. The average Bonchev–Trinajstić information content (AvgIpc) is 3.67. The summed E-state index contributed by atoms with van der Waals surface area (Å²) in [6.07, 6.45) is 1.76. The summed E-state index contributed by atoms with van der Waals surface area (Å²) < 4.78 is 17.9. The monoisotopic (exact) mass is 660 g/mol. The fourth-order valence-electron chi connectivity index (χ4n) is 5.19. The second-order valence-electron chi connectivity index (χ2n) is 10.2. The number of ether oxygens (including phenoxy) is 2. The summed E-state index contributed by atoms with van der Waals surface area (Å²) in [5.74, 6) is 0.650. The minimum absolute atomic E-state index is 0.0394. The number of fused-ring (bicyclic) bond motifs is 4. The molecule has 7 rings (SSSR count). The van der Waals surface area contributed by atoms with Crippen LogP contribution in [0.1, 0.15) is 11.1 Å². The van der Waals surface area contributed by atoms with Crippen LogP contribution in [0.15, 0.2) is 75.0 Å². The minimum Gasteiger partial charge on any atom is -0.493 e. The van der Waals surface area contributed by atoms with Crippen molar-refractivity contribution in [1.82, 2.24) is 28.1 Å². The van der Waals surface area contributed by atoms with Crippen LogP contribution >= 0.6 is 34.5 Å². The number of aryl methyl sites for hydroxylation is 1. The number of aromatic nitrogens is 6. The fourth-order valence-corrected chi connectivity index (χ4v) is 6.65. The highest BCUT2D eigenvalue weighted by atomic mass is 35.5. The second kappa shape index (κ2) is 10.9. The number of methoxy groups -OCH3 is 1. The van der Waals surface area contributed by atoms with Crippen molar-refractivity contribution in [3.05, 3.63) is 118 Å². The fraction of sp³-hybridized carbons (Fsp3) is 0.129. The Labute approximate surface area is 267 Å². The van der Waals surface area contributed by atoms with Gasteiger partial charge in [-0.3, -0.25) is 23.3 Å². The molecule has 0 amide bonds. The largest absolute Gasteiger partial charge is 0.493 e. The third-order valence-electron chi connectivity index (χ3n) is 7.49. The second-order valence-corrected chi connectivity index (χ2v) is 12.1. The van der Waals surface area contributed by atoms with Crippen LogP contribution in [0.4, 0.5) is 0 Å². The molecule has 0 spiro atoms. The zero-order valence-electron chi connectivity index (χ0n) is 23.9. The summed E-state index contributed by atoms with van der Waals surface area (Å²) in [5.41, 5.74) is 1.93. The van der Waals surface area contributed by atoms with Gasteiger partial charge in [0.25, 0.3) is 11.1 Å². The number of halogens is 2. The lowest BCUT2D eigenvalue weighted by molar-refractivity contribution is 0.361. The molecule has 0 N–H and O–H groups in total. The Morgan fingerprint density at radius 2 is 1.71 bits per heavy atom. The van der Waals surface area contributed by atoms with Gasteiger partial charge in [0.1, 0.15) is 0 Å². The van der Waals surface area contributed by atoms with Crippen molar-refractivity contribution in [2.75, 3.05) is 7.11 Å². The van der Waals surface area contributed by atoms with Crippen LogP contribution in [0.2, 0.25) is 10.0 Å². The Balaban J connectivity index is 1.33. The first-order chi connectivity index (χ1) is 21.6. The van der Waals surface area contributed by atoms with Crippen molar-refractivity contribution in [2.24, 2.45) is 14.1 Å². The molecule has 0 aliphatic carbocycles. The van der Waals surface area contributed by atoms with E-state index in [1.165, 1.54) is 37.1 Å². The number of thiazole rings is 1. The highest BCUT2D eigenvalue weighted by Crippen LogP contribution is 2.34. The molecule has 0 atom stereocenters. The van der Waals surface area contributed by atoms with Crippen molar-refractivity contribution >= 4 is 67.8 Å². The molecular formula is C31H22Cl2N6O5S. The number of hydrogen-bond acceptors (Lipinski definition) is 8. The van der Waals surface area contributed by atoms with Crippen LogP contribution in [0.3, 0.4) is 0 Å². The van der Waals surface area contributed by atoms with Crippen LogP contribution in [0, 0.1) is 0 Å². The van der Waals surface area contributed by atoms with E-state index in [1.54, 1.807) is 51.4 Å². The van der Waals surface area contributed by atoms with Gasteiger partial charge in [0.05, 0.1) is 29.2 Å². The molecule has 4 aromatic heterocycles. The topological polar surface area (TPSA) is 115 Å². The predicted octanol–water partition coefficient (Wildman–Crippen LogP) is 4.36. The van der Waals surface area contributed by atoms with Crippen molar-refractivity contribution in [3.8, 4) is 17.5 Å². The summed E-state index contributed by atoms with van der Waals surface area (Å²) >= 11 is 13.9. The highest BCUT2D eigenvalue weighted by Gasteiger charge is 2.23. The van der Waals surface area contributed by atoms with Gasteiger partial charge in [-0.05, 0) is 53.6 Å². The molecule has 0 aliphatic heterocycles. The van der Waals surface area contributed by atoms with Crippen molar-refractivity contribution in [1.29, 1.82) is 0 Å². The Hall–Kier alpha value is -4.91. The van der Waals surface area contributed by atoms with Gasteiger partial charge in [-0.15, -0.1) is 0 Å². The number of imidazole rings is 2. The van der Waals surface area contributed by atoms with Crippen LogP contribution in [0.25, 0.3) is 33.2 Å². The number of rotatable bonds is 6. The van der Waals surface area contributed by atoms with E-state index in [0.717, 1.165) is 15.6 Å². The maximum Gasteiger partial charge on any atom is 0.332 e. The molecule has 14 heteroatoms. The van der Waals surface area contributed by atoms with E-state index in [9.17, 15) is 14.4 Å². The summed E-state index contributed by atoms with van der Waals surface area (Å²) in [7, 11) is 4.42. The van der Waals surface area contributed by atoms with Crippen LogP contribution < -0.4 is 30.8 Å². The van der Waals surface area contributed by atoms with Gasteiger partial charge in [-0.2, -0.15) is 4.98 Å². The molecule has 11 nitrogen and oxygen atoms in total. The summed E-state index contributed by atoms with van der Waals surface area (Å²) in [5, 5.41) is 0.853. The molecule has 226 valence electrons. The molecule has 0 radical (unpaired) electrons. The normalized spacial score (nSPS) is 12.2. The van der Waals surface area contributed by atoms with Crippen LogP contribution in [0.5, 0.6) is 17.5 Å². The molecule has 3 aromatic carbocycles. The SMILES string of the molecule is COc1cc(/C=c2\sc3nc4ccccc4n3c2=O)ccc1Oc1nc2c(c(=O)n(C)c(=O)n2C)n1Cc1ccc(Cl)cc1Cl. The standard InChI is InChI=1S/C31H22Cl2N6O5S/c1-36-26-25(28(41)37(2)31(36)42)38(15-17-9-10-18(32)14-19(17)33)29(35-26)44-22-11-8-16(12-23(22)43-3)13-24-27(40)39-21-7-5-4-6-20(21)34-30(39)45-24/h4-14H,15H2,1-3H3/b24-13-. The number of hydrogen-bond donors (Lipinski definition) is 0. The zero-order chi connectivity index (χ0) is 31.6. The first-order valence-electron chi connectivity index (χ1n) is 13.5. The maximum atomic E-state index is 13.3.